The van der Waals surface area contributed by atoms with Crippen LogP contribution >= 0.6 is 0 Å². The van der Waals surface area contributed by atoms with E-state index in [9.17, 15) is 14.3 Å². The van der Waals surface area contributed by atoms with E-state index in [4.69, 9.17) is 10.5 Å². The van der Waals surface area contributed by atoms with Gasteiger partial charge in [0.15, 0.2) is 0 Å². The first-order chi connectivity index (χ1) is 8.24. The van der Waals surface area contributed by atoms with Crippen LogP contribution in [-0.2, 0) is 10.3 Å². The molecular weight excluding hydrogens is 237 g/mol. The fourth-order valence-corrected chi connectivity index (χ4v) is 2.07. The summed E-state index contributed by atoms with van der Waals surface area (Å²) in [6.45, 7) is 4.67. The number of rotatable bonds is 4. The number of benzene rings is 1. The van der Waals surface area contributed by atoms with Gasteiger partial charge in [-0.2, -0.15) is 0 Å². The highest BCUT2D eigenvalue weighted by atomic mass is 19.1. The Morgan fingerprint density at radius 1 is 1.44 bits per heavy atom. The molecule has 1 amide bonds. The number of nitrogens with two attached hydrogens (primary N) is 1. The number of carbonyl (C=O) groups excluding carboxylic acids is 1. The SMILES string of the molecule is CC[C@](O)(c1ccccc1F)C(C)(C)OC(N)=O. The van der Waals surface area contributed by atoms with Gasteiger partial charge >= 0.3 is 6.09 Å². The lowest BCUT2D eigenvalue weighted by Crippen LogP contribution is -2.51. The second kappa shape index (κ2) is 4.94. The minimum absolute atomic E-state index is 0.0822. The average Bonchev–Trinajstić information content (AvgIpc) is 2.26. The molecule has 0 aliphatic rings. The van der Waals surface area contributed by atoms with E-state index in [1.165, 1.54) is 32.0 Å². The summed E-state index contributed by atoms with van der Waals surface area (Å²) in [7, 11) is 0. The maximum atomic E-state index is 13.8. The van der Waals surface area contributed by atoms with E-state index in [0.29, 0.717) is 0 Å². The lowest BCUT2D eigenvalue weighted by molar-refractivity contribution is -0.141. The lowest BCUT2D eigenvalue weighted by Gasteiger charge is -2.41. The summed E-state index contributed by atoms with van der Waals surface area (Å²) in [5.74, 6) is -0.553. The van der Waals surface area contributed by atoms with Crippen LogP contribution < -0.4 is 5.73 Å². The van der Waals surface area contributed by atoms with E-state index in [2.05, 4.69) is 0 Å². The third kappa shape index (κ3) is 2.46. The second-order valence-electron chi connectivity index (χ2n) is 4.63. The normalized spacial score (nSPS) is 14.9. The number of carbonyl (C=O) groups is 1. The molecule has 0 bridgehead atoms. The van der Waals surface area contributed by atoms with Crippen LogP contribution in [0.2, 0.25) is 0 Å². The number of hydrogen-bond acceptors (Lipinski definition) is 3. The highest BCUT2D eigenvalue weighted by molar-refractivity contribution is 5.65. The van der Waals surface area contributed by atoms with Crippen molar-refractivity contribution in [1.29, 1.82) is 0 Å². The zero-order valence-corrected chi connectivity index (χ0v) is 10.7. The first kappa shape index (κ1) is 14.4. The van der Waals surface area contributed by atoms with Gasteiger partial charge in [0, 0.05) is 5.56 Å². The Balaban J connectivity index is 3.29. The molecule has 0 fully saturated rings. The zero-order chi connectivity index (χ0) is 14.0. The standard InChI is InChI=1S/C13H18FNO3/c1-4-13(17,12(2,3)18-11(15)16)9-7-5-6-8-10(9)14/h5-8,17H,4H2,1-3H3,(H2,15,16)/t13-/m0/s1. The predicted molar refractivity (Wildman–Crippen MR) is 65.3 cm³/mol. The first-order valence-corrected chi connectivity index (χ1v) is 5.70. The van der Waals surface area contributed by atoms with Crippen molar-refractivity contribution in [3.8, 4) is 0 Å². The van der Waals surface area contributed by atoms with Gasteiger partial charge in [0.05, 0.1) is 0 Å². The molecule has 18 heavy (non-hydrogen) atoms. The minimum atomic E-state index is -1.65. The molecule has 0 aliphatic heterocycles. The fourth-order valence-electron chi connectivity index (χ4n) is 2.07. The van der Waals surface area contributed by atoms with Gasteiger partial charge in [0.1, 0.15) is 17.0 Å². The number of primary amides is 1. The predicted octanol–water partition coefficient (Wildman–Crippen LogP) is 2.30. The van der Waals surface area contributed by atoms with Gasteiger partial charge in [-0.3, -0.25) is 0 Å². The third-order valence-corrected chi connectivity index (χ3v) is 3.18. The van der Waals surface area contributed by atoms with Gasteiger partial charge in [-0.05, 0) is 26.3 Å². The van der Waals surface area contributed by atoms with Crippen molar-refractivity contribution in [2.75, 3.05) is 0 Å². The smallest absolute Gasteiger partial charge is 0.405 e. The van der Waals surface area contributed by atoms with E-state index in [0.717, 1.165) is 0 Å². The average molecular weight is 255 g/mol. The molecule has 1 aromatic rings. The van der Waals surface area contributed by atoms with Gasteiger partial charge in [-0.15, -0.1) is 0 Å². The summed E-state index contributed by atoms with van der Waals surface area (Å²) in [4.78, 5) is 10.9. The molecule has 1 rings (SSSR count). The molecular formula is C13H18FNO3. The minimum Gasteiger partial charge on any atom is -0.440 e. The molecule has 1 aromatic carbocycles. The Hall–Kier alpha value is -1.62. The van der Waals surface area contributed by atoms with Crippen molar-refractivity contribution in [3.05, 3.63) is 35.6 Å². The highest BCUT2D eigenvalue weighted by Crippen LogP contribution is 2.39. The maximum absolute atomic E-state index is 13.8. The largest absolute Gasteiger partial charge is 0.440 e. The van der Waals surface area contributed by atoms with Crippen LogP contribution in [0.4, 0.5) is 9.18 Å². The summed E-state index contributed by atoms with van der Waals surface area (Å²) in [6, 6.07) is 5.84. The van der Waals surface area contributed by atoms with Crippen LogP contribution in [0.1, 0.15) is 32.8 Å². The topological polar surface area (TPSA) is 72.6 Å². The number of aliphatic hydroxyl groups is 1. The summed E-state index contributed by atoms with van der Waals surface area (Å²) < 4.78 is 18.7. The number of halogens is 1. The molecule has 0 heterocycles. The maximum Gasteiger partial charge on any atom is 0.405 e. The van der Waals surface area contributed by atoms with E-state index in [1.807, 2.05) is 0 Å². The van der Waals surface area contributed by atoms with Crippen LogP contribution in [0.5, 0.6) is 0 Å². The van der Waals surface area contributed by atoms with Crippen LogP contribution in [0.25, 0.3) is 0 Å². The van der Waals surface area contributed by atoms with E-state index in [1.54, 1.807) is 13.0 Å². The molecule has 0 radical (unpaired) electrons. The van der Waals surface area contributed by atoms with Gasteiger partial charge in [-0.1, -0.05) is 25.1 Å². The van der Waals surface area contributed by atoms with Gasteiger partial charge in [0.2, 0.25) is 0 Å². The molecule has 4 nitrogen and oxygen atoms in total. The monoisotopic (exact) mass is 255 g/mol. The Bertz CT molecular complexity index is 448. The molecule has 0 saturated heterocycles. The Labute approximate surface area is 106 Å². The van der Waals surface area contributed by atoms with Crippen LogP contribution in [0.3, 0.4) is 0 Å². The van der Waals surface area contributed by atoms with Crippen molar-refractivity contribution < 1.29 is 19.0 Å². The van der Waals surface area contributed by atoms with E-state index >= 15 is 0 Å². The van der Waals surface area contributed by atoms with E-state index < -0.39 is 23.1 Å². The molecule has 0 saturated carbocycles. The molecule has 0 spiro atoms. The summed E-state index contributed by atoms with van der Waals surface area (Å²) in [5, 5.41) is 10.7. The van der Waals surface area contributed by atoms with Gasteiger partial charge < -0.3 is 15.6 Å². The summed E-state index contributed by atoms with van der Waals surface area (Å²) >= 11 is 0. The van der Waals surface area contributed by atoms with Gasteiger partial charge in [-0.25, -0.2) is 9.18 Å². The lowest BCUT2D eigenvalue weighted by atomic mass is 9.77. The fraction of sp³-hybridized carbons (Fsp3) is 0.462. The van der Waals surface area contributed by atoms with Gasteiger partial charge in [0.25, 0.3) is 0 Å². The number of amides is 1. The second-order valence-corrected chi connectivity index (χ2v) is 4.63. The van der Waals surface area contributed by atoms with Crippen LogP contribution in [0, 0.1) is 5.82 Å². The summed E-state index contributed by atoms with van der Waals surface area (Å²) in [5.41, 5.74) is 2.08. The highest BCUT2D eigenvalue weighted by Gasteiger charge is 2.47. The van der Waals surface area contributed by atoms with E-state index in [-0.39, 0.29) is 12.0 Å². The zero-order valence-electron chi connectivity index (χ0n) is 10.7. The van der Waals surface area contributed by atoms with Crippen molar-refractivity contribution in [2.45, 2.75) is 38.4 Å². The molecule has 5 heteroatoms. The molecule has 1 atom stereocenters. The third-order valence-electron chi connectivity index (χ3n) is 3.18. The summed E-state index contributed by atoms with van der Waals surface area (Å²) in [6.07, 6.45) is -0.836. The Kier molecular flexibility index (Phi) is 3.96. The van der Waals surface area contributed by atoms with Crippen LogP contribution in [0.15, 0.2) is 24.3 Å². The molecule has 0 aliphatic carbocycles. The first-order valence-electron chi connectivity index (χ1n) is 5.70. The Morgan fingerprint density at radius 3 is 2.44 bits per heavy atom. The van der Waals surface area contributed by atoms with Crippen molar-refractivity contribution in [1.82, 2.24) is 0 Å². The molecule has 0 aromatic heterocycles. The van der Waals surface area contributed by atoms with Crippen molar-refractivity contribution in [3.63, 3.8) is 0 Å². The molecule has 3 N–H and O–H groups in total. The van der Waals surface area contributed by atoms with Crippen molar-refractivity contribution in [2.24, 2.45) is 5.73 Å². The van der Waals surface area contributed by atoms with Crippen molar-refractivity contribution >= 4 is 6.09 Å². The quantitative estimate of drug-likeness (QED) is 0.867. The number of hydrogen-bond donors (Lipinski definition) is 2. The molecule has 0 unspecified atom stereocenters. The Morgan fingerprint density at radius 2 is 2.00 bits per heavy atom. The number of ether oxygens (including phenoxy) is 1. The molecule has 100 valence electrons. The van der Waals surface area contributed by atoms with Crippen LogP contribution in [-0.4, -0.2) is 16.8 Å².